The first-order valence-electron chi connectivity index (χ1n) is 6.44. The van der Waals surface area contributed by atoms with Crippen molar-refractivity contribution in [1.82, 2.24) is 0 Å². The number of hydrogen-bond donors (Lipinski definition) is 1. The number of benzene rings is 2. The van der Waals surface area contributed by atoms with Gasteiger partial charge < -0.3 is 15.2 Å². The minimum atomic E-state index is -0.658. The Balaban J connectivity index is 2.00. The average molecular weight is 306 g/mol. The SMILES string of the molecule is COC(=O)C(N)Cc1ccc(Oc2cccc(Cl)c2)cc1. The Morgan fingerprint density at radius 1 is 1.19 bits per heavy atom. The molecule has 1 unspecified atom stereocenters. The van der Waals surface area contributed by atoms with E-state index in [4.69, 9.17) is 22.1 Å². The van der Waals surface area contributed by atoms with Crippen LogP contribution in [0.5, 0.6) is 11.5 Å². The highest BCUT2D eigenvalue weighted by Crippen LogP contribution is 2.24. The highest BCUT2D eigenvalue weighted by atomic mass is 35.5. The van der Waals surface area contributed by atoms with Crippen LogP contribution in [0.3, 0.4) is 0 Å². The molecule has 4 nitrogen and oxygen atoms in total. The van der Waals surface area contributed by atoms with Gasteiger partial charge in [0.05, 0.1) is 7.11 Å². The first-order valence-corrected chi connectivity index (χ1v) is 6.82. The zero-order valence-corrected chi connectivity index (χ0v) is 12.3. The number of methoxy groups -OCH3 is 1. The van der Waals surface area contributed by atoms with Crippen LogP contribution in [0, 0.1) is 0 Å². The molecule has 0 spiro atoms. The van der Waals surface area contributed by atoms with E-state index < -0.39 is 12.0 Å². The van der Waals surface area contributed by atoms with Crippen molar-refractivity contribution in [2.24, 2.45) is 5.73 Å². The van der Waals surface area contributed by atoms with Crippen molar-refractivity contribution in [2.75, 3.05) is 7.11 Å². The third kappa shape index (κ3) is 4.48. The maximum Gasteiger partial charge on any atom is 0.322 e. The Morgan fingerprint density at radius 3 is 2.52 bits per heavy atom. The molecule has 0 aliphatic heterocycles. The summed E-state index contributed by atoms with van der Waals surface area (Å²) in [4.78, 5) is 11.3. The maximum absolute atomic E-state index is 11.3. The summed E-state index contributed by atoms with van der Waals surface area (Å²) in [5, 5.41) is 0.619. The number of hydrogen-bond acceptors (Lipinski definition) is 4. The van der Waals surface area contributed by atoms with Crippen molar-refractivity contribution in [3.05, 3.63) is 59.1 Å². The zero-order chi connectivity index (χ0) is 15.2. The summed E-state index contributed by atoms with van der Waals surface area (Å²) in [6, 6.07) is 13.9. The second-order valence-corrected chi connectivity index (χ2v) is 4.97. The van der Waals surface area contributed by atoms with Crippen LogP contribution in [0.15, 0.2) is 48.5 Å². The molecule has 0 heterocycles. The van der Waals surface area contributed by atoms with Gasteiger partial charge in [0.25, 0.3) is 0 Å². The molecule has 2 aromatic carbocycles. The third-order valence-electron chi connectivity index (χ3n) is 2.91. The standard InChI is InChI=1S/C16H16ClNO3/c1-20-16(19)15(18)9-11-5-7-13(8-6-11)21-14-4-2-3-12(17)10-14/h2-8,10,15H,9,18H2,1H3. The highest BCUT2D eigenvalue weighted by Gasteiger charge is 2.14. The Labute approximate surface area is 128 Å². The molecule has 1 atom stereocenters. The molecule has 21 heavy (non-hydrogen) atoms. The van der Waals surface area contributed by atoms with Crippen molar-refractivity contribution in [2.45, 2.75) is 12.5 Å². The summed E-state index contributed by atoms with van der Waals surface area (Å²) in [6.45, 7) is 0. The number of rotatable bonds is 5. The molecule has 2 aromatic rings. The predicted octanol–water partition coefficient (Wildman–Crippen LogP) is 3.18. The summed E-state index contributed by atoms with van der Waals surface area (Å²) >= 11 is 5.90. The smallest absolute Gasteiger partial charge is 0.322 e. The Morgan fingerprint density at radius 2 is 1.90 bits per heavy atom. The van der Waals surface area contributed by atoms with Crippen LogP contribution < -0.4 is 10.5 Å². The molecule has 0 aliphatic carbocycles. The van der Waals surface area contributed by atoms with Crippen LogP contribution in [0.25, 0.3) is 0 Å². The normalized spacial score (nSPS) is 11.8. The monoisotopic (exact) mass is 305 g/mol. The van der Waals surface area contributed by atoms with E-state index in [-0.39, 0.29) is 0 Å². The van der Waals surface area contributed by atoms with Crippen LogP contribution in [0.2, 0.25) is 5.02 Å². The summed E-state index contributed by atoms with van der Waals surface area (Å²) in [6.07, 6.45) is 0.421. The van der Waals surface area contributed by atoms with Crippen LogP contribution in [-0.2, 0) is 16.0 Å². The third-order valence-corrected chi connectivity index (χ3v) is 3.15. The van der Waals surface area contributed by atoms with Crippen molar-refractivity contribution >= 4 is 17.6 Å². The second-order valence-electron chi connectivity index (χ2n) is 4.54. The largest absolute Gasteiger partial charge is 0.468 e. The summed E-state index contributed by atoms with van der Waals surface area (Å²) in [7, 11) is 1.32. The quantitative estimate of drug-likeness (QED) is 0.862. The highest BCUT2D eigenvalue weighted by molar-refractivity contribution is 6.30. The van der Waals surface area contributed by atoms with E-state index in [2.05, 4.69) is 4.74 Å². The Bertz CT molecular complexity index is 613. The van der Waals surface area contributed by atoms with E-state index in [0.717, 1.165) is 5.56 Å². The summed E-state index contributed by atoms with van der Waals surface area (Å²) in [5.74, 6) is 0.934. The van der Waals surface area contributed by atoms with E-state index in [9.17, 15) is 4.79 Å². The molecule has 2 rings (SSSR count). The first kappa shape index (κ1) is 15.4. The minimum Gasteiger partial charge on any atom is -0.468 e. The molecule has 0 bridgehead atoms. The Kier molecular flexibility index (Phi) is 5.20. The van der Waals surface area contributed by atoms with Gasteiger partial charge in [-0.2, -0.15) is 0 Å². The fraction of sp³-hybridized carbons (Fsp3) is 0.188. The predicted molar refractivity (Wildman–Crippen MR) is 81.7 cm³/mol. The van der Waals surface area contributed by atoms with E-state index >= 15 is 0 Å². The molecule has 0 radical (unpaired) electrons. The first-order chi connectivity index (χ1) is 10.1. The summed E-state index contributed by atoms with van der Waals surface area (Å²) < 4.78 is 10.3. The lowest BCUT2D eigenvalue weighted by molar-refractivity contribution is -0.142. The second kappa shape index (κ2) is 7.11. The van der Waals surface area contributed by atoms with Gasteiger partial charge >= 0.3 is 5.97 Å². The summed E-state index contributed by atoms with van der Waals surface area (Å²) in [5.41, 5.74) is 6.65. The van der Waals surface area contributed by atoms with Gasteiger partial charge in [-0.05, 0) is 42.3 Å². The van der Waals surface area contributed by atoms with Gasteiger partial charge in [-0.15, -0.1) is 0 Å². The fourth-order valence-electron chi connectivity index (χ4n) is 1.85. The topological polar surface area (TPSA) is 61.5 Å². The number of nitrogens with two attached hydrogens (primary N) is 1. The lowest BCUT2D eigenvalue weighted by Crippen LogP contribution is -2.33. The fourth-order valence-corrected chi connectivity index (χ4v) is 2.03. The maximum atomic E-state index is 11.3. The van der Waals surface area contributed by atoms with Gasteiger partial charge in [0.2, 0.25) is 0 Å². The lowest BCUT2D eigenvalue weighted by Gasteiger charge is -2.10. The molecule has 5 heteroatoms. The van der Waals surface area contributed by atoms with Gasteiger partial charge in [0, 0.05) is 5.02 Å². The van der Waals surface area contributed by atoms with E-state index in [1.165, 1.54) is 7.11 Å². The van der Waals surface area contributed by atoms with Crippen molar-refractivity contribution in [3.8, 4) is 11.5 Å². The zero-order valence-electron chi connectivity index (χ0n) is 11.6. The number of carbonyl (C=O) groups is 1. The minimum absolute atomic E-state index is 0.421. The molecule has 0 saturated carbocycles. The van der Waals surface area contributed by atoms with Crippen molar-refractivity contribution in [1.29, 1.82) is 0 Å². The molecule has 0 aliphatic rings. The van der Waals surface area contributed by atoms with E-state index in [0.29, 0.717) is 22.9 Å². The van der Waals surface area contributed by atoms with Crippen molar-refractivity contribution in [3.63, 3.8) is 0 Å². The van der Waals surface area contributed by atoms with Gasteiger partial charge in [0.15, 0.2) is 0 Å². The molecule has 0 saturated heterocycles. The number of halogens is 1. The number of ether oxygens (including phenoxy) is 2. The molecular formula is C16H16ClNO3. The van der Waals surface area contributed by atoms with Gasteiger partial charge in [-0.25, -0.2) is 0 Å². The van der Waals surface area contributed by atoms with Crippen molar-refractivity contribution < 1.29 is 14.3 Å². The molecular weight excluding hydrogens is 290 g/mol. The lowest BCUT2D eigenvalue weighted by atomic mass is 10.1. The van der Waals surface area contributed by atoms with Gasteiger partial charge in [-0.3, -0.25) is 4.79 Å². The average Bonchev–Trinajstić information content (AvgIpc) is 2.48. The molecule has 110 valence electrons. The molecule has 0 fully saturated rings. The Hall–Kier alpha value is -2.04. The van der Waals surface area contributed by atoms with Gasteiger partial charge in [0.1, 0.15) is 17.5 Å². The van der Waals surface area contributed by atoms with Crippen LogP contribution >= 0.6 is 11.6 Å². The van der Waals surface area contributed by atoms with Crippen LogP contribution in [-0.4, -0.2) is 19.1 Å². The van der Waals surface area contributed by atoms with Gasteiger partial charge in [-0.1, -0.05) is 29.8 Å². The molecule has 0 amide bonds. The van der Waals surface area contributed by atoms with E-state index in [1.807, 2.05) is 36.4 Å². The van der Waals surface area contributed by atoms with E-state index in [1.54, 1.807) is 12.1 Å². The van der Waals surface area contributed by atoms with Crippen LogP contribution in [0.4, 0.5) is 0 Å². The molecule has 2 N–H and O–H groups in total. The number of esters is 1. The molecule has 0 aromatic heterocycles. The van der Waals surface area contributed by atoms with Crippen LogP contribution in [0.1, 0.15) is 5.56 Å². The number of carbonyl (C=O) groups excluding carboxylic acids is 1.